The number of benzene rings is 2. The second-order valence-electron chi connectivity index (χ2n) is 9.95. The number of hydrogen-bond acceptors (Lipinski definition) is 3. The Hall–Kier alpha value is -2.36. The first-order valence-electron chi connectivity index (χ1n) is 11.8. The molecule has 0 spiro atoms. The van der Waals surface area contributed by atoms with E-state index >= 15 is 0 Å². The normalized spacial score (nSPS) is 17.5. The Morgan fingerprint density at radius 1 is 1.03 bits per heavy atom. The molecule has 1 aliphatic heterocycles. The summed E-state index contributed by atoms with van der Waals surface area (Å²) in [4.78, 5) is 2.48. The Morgan fingerprint density at radius 3 is 2.22 bits per heavy atom. The molecule has 32 heavy (non-hydrogen) atoms. The zero-order valence-corrected chi connectivity index (χ0v) is 20.0. The molecule has 0 amide bonds. The summed E-state index contributed by atoms with van der Waals surface area (Å²) < 4.78 is 5.95. The molecular formula is C29H39NO2. The van der Waals surface area contributed by atoms with Crippen molar-refractivity contribution in [3.63, 3.8) is 0 Å². The molecule has 1 unspecified atom stereocenters. The van der Waals surface area contributed by atoms with Crippen LogP contribution in [0.4, 0.5) is 0 Å². The summed E-state index contributed by atoms with van der Waals surface area (Å²) >= 11 is 0. The third kappa shape index (κ3) is 5.70. The van der Waals surface area contributed by atoms with Crippen molar-refractivity contribution in [3.05, 3.63) is 90.5 Å². The molecular weight excluding hydrogens is 394 g/mol. The van der Waals surface area contributed by atoms with Crippen molar-refractivity contribution in [2.45, 2.75) is 51.0 Å². The summed E-state index contributed by atoms with van der Waals surface area (Å²) in [6, 6.07) is 18.4. The van der Waals surface area contributed by atoms with Crippen molar-refractivity contribution >= 4 is 0 Å². The minimum Gasteiger partial charge on any atom is -0.494 e. The Kier molecular flexibility index (Phi) is 7.97. The Labute approximate surface area is 194 Å². The predicted octanol–water partition coefficient (Wildman–Crippen LogP) is 6.10. The molecule has 0 saturated carbocycles. The first-order valence-corrected chi connectivity index (χ1v) is 11.8. The average molecular weight is 434 g/mol. The number of ether oxygens (including phenoxy) is 1. The van der Waals surface area contributed by atoms with Gasteiger partial charge in [0.05, 0.1) is 6.61 Å². The van der Waals surface area contributed by atoms with Gasteiger partial charge in [0.1, 0.15) is 11.4 Å². The fraction of sp³-hybridized carbons (Fsp3) is 0.448. The van der Waals surface area contributed by atoms with Gasteiger partial charge >= 0.3 is 0 Å². The fourth-order valence-electron chi connectivity index (χ4n) is 4.63. The number of piperidine rings is 1. The number of hydrogen-bond donors (Lipinski definition) is 1. The molecule has 3 rings (SSSR count). The van der Waals surface area contributed by atoms with Crippen LogP contribution in [0.1, 0.15) is 51.2 Å². The molecule has 1 fully saturated rings. The second kappa shape index (κ2) is 10.5. The number of aliphatic hydroxyl groups is 1. The van der Waals surface area contributed by atoms with Gasteiger partial charge in [-0.15, -0.1) is 0 Å². The highest BCUT2D eigenvalue weighted by atomic mass is 16.5. The number of nitrogens with zero attached hydrogens (tertiary/aromatic N) is 1. The maximum absolute atomic E-state index is 11.7. The lowest BCUT2D eigenvalue weighted by atomic mass is 9.72. The zero-order valence-electron chi connectivity index (χ0n) is 20.0. The molecule has 2 aromatic carbocycles. The highest BCUT2D eigenvalue weighted by Gasteiger charge is 2.41. The third-order valence-corrected chi connectivity index (χ3v) is 6.74. The highest BCUT2D eigenvalue weighted by Crippen LogP contribution is 2.41. The Balaban J connectivity index is 1.47. The molecule has 1 atom stereocenters. The van der Waals surface area contributed by atoms with E-state index in [1.165, 1.54) is 5.56 Å². The van der Waals surface area contributed by atoms with Gasteiger partial charge in [-0.25, -0.2) is 0 Å². The van der Waals surface area contributed by atoms with Gasteiger partial charge in [-0.1, -0.05) is 82.5 Å². The van der Waals surface area contributed by atoms with E-state index in [4.69, 9.17) is 4.74 Å². The van der Waals surface area contributed by atoms with E-state index in [0.29, 0.717) is 5.57 Å². The molecule has 2 aromatic rings. The molecule has 1 aliphatic rings. The lowest BCUT2D eigenvalue weighted by Crippen LogP contribution is -2.44. The third-order valence-electron chi connectivity index (χ3n) is 6.74. The summed E-state index contributed by atoms with van der Waals surface area (Å²) in [5.74, 6) is 1.08. The van der Waals surface area contributed by atoms with E-state index in [1.807, 2.05) is 30.3 Å². The van der Waals surface area contributed by atoms with Crippen molar-refractivity contribution < 1.29 is 9.84 Å². The van der Waals surface area contributed by atoms with Crippen molar-refractivity contribution in [2.24, 2.45) is 5.92 Å². The van der Waals surface area contributed by atoms with Crippen molar-refractivity contribution in [1.29, 1.82) is 0 Å². The topological polar surface area (TPSA) is 32.7 Å². The molecule has 0 bridgehead atoms. The molecule has 0 aromatic heterocycles. The molecule has 3 heteroatoms. The molecule has 172 valence electrons. The molecule has 0 aliphatic carbocycles. The molecule has 1 N–H and O–H groups in total. The number of likely N-dealkylation sites (tertiary alicyclic amines) is 1. The molecule has 3 nitrogen and oxygen atoms in total. The molecule has 0 radical (unpaired) electrons. The van der Waals surface area contributed by atoms with Crippen LogP contribution >= 0.6 is 0 Å². The molecule has 1 saturated heterocycles. The first kappa shape index (κ1) is 24.3. The van der Waals surface area contributed by atoms with Crippen LogP contribution in [0.15, 0.2) is 79.4 Å². The van der Waals surface area contributed by atoms with E-state index in [2.05, 4.69) is 63.1 Å². The van der Waals surface area contributed by atoms with Crippen LogP contribution in [0.3, 0.4) is 0 Å². The Bertz CT molecular complexity index is 874. The van der Waals surface area contributed by atoms with E-state index in [0.717, 1.165) is 56.8 Å². The second-order valence-corrected chi connectivity index (χ2v) is 9.95. The summed E-state index contributed by atoms with van der Waals surface area (Å²) in [6.07, 6.45) is 4.57. The maximum Gasteiger partial charge on any atom is 0.119 e. The van der Waals surface area contributed by atoms with Gasteiger partial charge < -0.3 is 14.7 Å². The van der Waals surface area contributed by atoms with E-state index in [1.54, 1.807) is 6.08 Å². The summed E-state index contributed by atoms with van der Waals surface area (Å²) in [7, 11) is 0. The van der Waals surface area contributed by atoms with Gasteiger partial charge in [0, 0.05) is 6.54 Å². The lowest BCUT2D eigenvalue weighted by Gasteiger charge is -2.42. The van der Waals surface area contributed by atoms with Crippen molar-refractivity contribution in [1.82, 2.24) is 4.90 Å². The van der Waals surface area contributed by atoms with Crippen LogP contribution in [0.2, 0.25) is 0 Å². The van der Waals surface area contributed by atoms with Crippen LogP contribution < -0.4 is 4.74 Å². The highest BCUT2D eigenvalue weighted by molar-refractivity contribution is 5.37. The van der Waals surface area contributed by atoms with Crippen LogP contribution in [0.5, 0.6) is 5.75 Å². The average Bonchev–Trinajstić information content (AvgIpc) is 2.81. The minimum atomic E-state index is -1.04. The standard InChI is InChI=1S/C29H39NO2/c1-6-23(2)29(31,25-11-8-7-9-12-25)26-17-20-30(21-18-26)19-10-22-32-27-15-13-24(14-16-27)28(3,4)5/h6-9,11-16,26,31H,1-2,10,17-22H2,3-5H3. The lowest BCUT2D eigenvalue weighted by molar-refractivity contribution is -0.0148. The maximum atomic E-state index is 11.7. The Morgan fingerprint density at radius 2 is 1.66 bits per heavy atom. The van der Waals surface area contributed by atoms with E-state index in [9.17, 15) is 5.11 Å². The van der Waals surface area contributed by atoms with E-state index < -0.39 is 5.60 Å². The number of rotatable bonds is 9. The van der Waals surface area contributed by atoms with Crippen LogP contribution in [0, 0.1) is 5.92 Å². The van der Waals surface area contributed by atoms with Gasteiger partial charge in [-0.05, 0) is 72.5 Å². The summed E-state index contributed by atoms with van der Waals surface area (Å²) in [5, 5.41) is 11.7. The predicted molar refractivity (Wildman–Crippen MR) is 134 cm³/mol. The quantitative estimate of drug-likeness (QED) is 0.383. The summed E-state index contributed by atoms with van der Waals surface area (Å²) in [5.41, 5.74) is 2.04. The van der Waals surface area contributed by atoms with Crippen LogP contribution in [0.25, 0.3) is 0 Å². The van der Waals surface area contributed by atoms with Crippen molar-refractivity contribution in [2.75, 3.05) is 26.2 Å². The summed E-state index contributed by atoms with van der Waals surface area (Å²) in [6.45, 7) is 18.3. The van der Waals surface area contributed by atoms with Gasteiger partial charge in [0.2, 0.25) is 0 Å². The first-order chi connectivity index (χ1) is 15.2. The fourth-order valence-corrected chi connectivity index (χ4v) is 4.63. The largest absolute Gasteiger partial charge is 0.494 e. The van der Waals surface area contributed by atoms with E-state index in [-0.39, 0.29) is 11.3 Å². The SMILES string of the molecule is C=CC(=C)C(O)(c1ccccc1)C1CCN(CCCOc2ccc(C(C)(C)C)cc2)CC1. The van der Waals surface area contributed by atoms with Gasteiger partial charge in [0.25, 0.3) is 0 Å². The van der Waals surface area contributed by atoms with Crippen molar-refractivity contribution in [3.8, 4) is 5.75 Å². The smallest absolute Gasteiger partial charge is 0.119 e. The monoisotopic (exact) mass is 433 g/mol. The van der Waals surface area contributed by atoms with Gasteiger partial charge in [0.15, 0.2) is 0 Å². The molecule has 1 heterocycles. The van der Waals surface area contributed by atoms with Crippen LogP contribution in [-0.2, 0) is 11.0 Å². The minimum absolute atomic E-state index is 0.143. The van der Waals surface area contributed by atoms with Gasteiger partial charge in [-0.2, -0.15) is 0 Å². The zero-order chi connectivity index (χ0) is 23.2. The van der Waals surface area contributed by atoms with Crippen LogP contribution in [-0.4, -0.2) is 36.2 Å². The van der Waals surface area contributed by atoms with Gasteiger partial charge in [-0.3, -0.25) is 0 Å².